The zero-order chi connectivity index (χ0) is 66.6. The summed E-state index contributed by atoms with van der Waals surface area (Å²) in [5.41, 5.74) is 0. The Labute approximate surface area is 562 Å². The molecular weight excluding hydrogens is 1160 g/mol. The first-order valence-corrected chi connectivity index (χ1v) is 38.5. The summed E-state index contributed by atoms with van der Waals surface area (Å²) in [4.78, 5) is 13.4. The number of carbonyl (C=O) groups is 1. The number of unbranched alkanes of at least 4 members (excludes halogenated alkanes) is 43. The monoisotopic (exact) mass is 1300 g/mol. The second-order valence-electron chi connectivity index (χ2n) is 27.1. The fourth-order valence-corrected chi connectivity index (χ4v) is 12.5. The van der Waals surface area contributed by atoms with Gasteiger partial charge in [-0.15, -0.1) is 0 Å². The molecule has 538 valence electrons. The van der Waals surface area contributed by atoms with Crippen LogP contribution in [0.3, 0.4) is 0 Å². The van der Waals surface area contributed by atoms with E-state index in [0.29, 0.717) is 12.8 Å². The lowest BCUT2D eigenvalue weighted by molar-refractivity contribution is -0.359. The van der Waals surface area contributed by atoms with E-state index in [9.17, 15) is 45.6 Å². The molecule has 14 nitrogen and oxygen atoms in total. The Balaban J connectivity index is 1.65. The molecule has 2 heterocycles. The number of carbonyl (C=O) groups excluding carboxylic acids is 1. The van der Waals surface area contributed by atoms with E-state index in [4.69, 9.17) is 18.9 Å². The molecule has 0 aromatic carbocycles. The van der Waals surface area contributed by atoms with Gasteiger partial charge in [-0.2, -0.15) is 0 Å². The van der Waals surface area contributed by atoms with E-state index in [2.05, 4.69) is 67.8 Å². The number of hydrogen-bond acceptors (Lipinski definition) is 13. The Morgan fingerprint density at radius 1 is 0.391 bits per heavy atom. The van der Waals surface area contributed by atoms with Crippen LogP contribution in [0, 0.1) is 0 Å². The summed E-state index contributed by atoms with van der Waals surface area (Å²) in [6, 6.07) is -0.940. The average molecular weight is 1300 g/mol. The molecule has 0 aromatic heterocycles. The molecule has 2 rings (SSSR count). The van der Waals surface area contributed by atoms with E-state index in [1.165, 1.54) is 250 Å². The minimum atomic E-state index is -1.79. The number of nitrogens with one attached hydrogen (secondary N) is 1. The van der Waals surface area contributed by atoms with Gasteiger partial charge in [-0.1, -0.05) is 312 Å². The highest BCUT2D eigenvalue weighted by molar-refractivity contribution is 5.76. The molecule has 12 unspecified atom stereocenters. The van der Waals surface area contributed by atoms with Gasteiger partial charge in [0.2, 0.25) is 5.91 Å². The molecule has 0 radical (unpaired) electrons. The molecule has 9 N–H and O–H groups in total. The highest BCUT2D eigenvalue weighted by atomic mass is 16.7. The number of rotatable bonds is 64. The molecule has 0 aliphatic carbocycles. The zero-order valence-electron chi connectivity index (χ0n) is 58.8. The molecule has 0 saturated carbocycles. The van der Waals surface area contributed by atoms with E-state index in [1.54, 1.807) is 6.08 Å². The van der Waals surface area contributed by atoms with Crippen molar-refractivity contribution in [3.63, 3.8) is 0 Å². The zero-order valence-corrected chi connectivity index (χ0v) is 58.8. The minimum Gasteiger partial charge on any atom is -0.394 e. The molecule has 0 bridgehead atoms. The van der Waals surface area contributed by atoms with E-state index >= 15 is 0 Å². The quantitative estimate of drug-likeness (QED) is 0.0204. The van der Waals surface area contributed by atoms with Gasteiger partial charge < -0.3 is 65.1 Å². The van der Waals surface area contributed by atoms with Crippen molar-refractivity contribution in [3.05, 3.63) is 60.8 Å². The van der Waals surface area contributed by atoms with Crippen LogP contribution in [-0.2, 0) is 23.7 Å². The summed E-state index contributed by atoms with van der Waals surface area (Å²) in [6.07, 6.45) is 67.3. The SMILES string of the molecule is CCCCCCC/C=C\C/C=C\CCCCCCCCCCCCCCCCCCCCCCCC(=O)NC(COC1OC(CO)C(OC2OC(CO)C(O)C(O)C2O)C(O)C1O)C(O)/C=C/CC/C=C/CC/C=C/CCCCCCCCCCCCCCCCC. The molecule has 0 spiro atoms. The lowest BCUT2D eigenvalue weighted by Crippen LogP contribution is -2.65. The lowest BCUT2D eigenvalue weighted by Gasteiger charge is -2.46. The van der Waals surface area contributed by atoms with Crippen molar-refractivity contribution in [1.82, 2.24) is 5.32 Å². The van der Waals surface area contributed by atoms with Gasteiger partial charge in [-0.3, -0.25) is 4.79 Å². The van der Waals surface area contributed by atoms with Gasteiger partial charge in [-0.05, 0) is 77.0 Å². The van der Waals surface area contributed by atoms with Crippen LogP contribution in [0.5, 0.6) is 0 Å². The highest BCUT2D eigenvalue weighted by Gasteiger charge is 2.51. The summed E-state index contributed by atoms with van der Waals surface area (Å²) in [7, 11) is 0. The van der Waals surface area contributed by atoms with Crippen LogP contribution in [0.15, 0.2) is 60.8 Å². The lowest BCUT2D eigenvalue weighted by atomic mass is 9.97. The van der Waals surface area contributed by atoms with Gasteiger partial charge in [0, 0.05) is 6.42 Å². The molecule has 2 aliphatic heterocycles. The van der Waals surface area contributed by atoms with Gasteiger partial charge in [-0.25, -0.2) is 0 Å². The van der Waals surface area contributed by atoms with Crippen LogP contribution in [0.1, 0.15) is 335 Å². The van der Waals surface area contributed by atoms with Crippen molar-refractivity contribution in [1.29, 1.82) is 0 Å². The molecule has 2 saturated heterocycles. The first-order chi connectivity index (χ1) is 45.1. The Morgan fingerprint density at radius 2 is 0.728 bits per heavy atom. The maximum Gasteiger partial charge on any atom is 0.220 e. The fourth-order valence-electron chi connectivity index (χ4n) is 12.5. The summed E-state index contributed by atoms with van der Waals surface area (Å²) in [5.74, 6) is -0.248. The van der Waals surface area contributed by atoms with Gasteiger partial charge >= 0.3 is 0 Å². The number of amides is 1. The Kier molecular flexibility index (Phi) is 58.0. The van der Waals surface area contributed by atoms with Gasteiger partial charge in [0.15, 0.2) is 12.6 Å². The molecule has 2 fully saturated rings. The van der Waals surface area contributed by atoms with Crippen LogP contribution < -0.4 is 5.32 Å². The van der Waals surface area contributed by atoms with E-state index in [0.717, 1.165) is 51.4 Å². The average Bonchev–Trinajstić information content (AvgIpc) is 0.829. The van der Waals surface area contributed by atoms with Crippen molar-refractivity contribution < 1.29 is 64.6 Å². The van der Waals surface area contributed by atoms with E-state index in [-0.39, 0.29) is 18.9 Å². The molecule has 0 aromatic rings. The van der Waals surface area contributed by atoms with Crippen LogP contribution in [0.2, 0.25) is 0 Å². The second kappa shape index (κ2) is 62.2. The smallest absolute Gasteiger partial charge is 0.220 e. The summed E-state index contributed by atoms with van der Waals surface area (Å²) in [6.45, 7) is 2.81. The maximum atomic E-state index is 13.4. The van der Waals surface area contributed by atoms with Crippen LogP contribution in [-0.4, -0.2) is 140 Å². The molecule has 92 heavy (non-hydrogen) atoms. The number of hydrogen-bond donors (Lipinski definition) is 9. The summed E-state index contributed by atoms with van der Waals surface area (Å²) < 4.78 is 22.9. The van der Waals surface area contributed by atoms with Gasteiger partial charge in [0.25, 0.3) is 0 Å². The summed E-state index contributed by atoms with van der Waals surface area (Å²) in [5, 5.41) is 87.5. The molecule has 14 heteroatoms. The van der Waals surface area contributed by atoms with Crippen molar-refractivity contribution >= 4 is 5.91 Å². The largest absolute Gasteiger partial charge is 0.394 e. The topological polar surface area (TPSA) is 228 Å². The van der Waals surface area contributed by atoms with Gasteiger partial charge in [0.1, 0.15) is 48.8 Å². The second-order valence-corrected chi connectivity index (χ2v) is 27.1. The number of aliphatic hydroxyl groups excluding tert-OH is 8. The minimum absolute atomic E-state index is 0.248. The maximum absolute atomic E-state index is 13.4. The third-order valence-electron chi connectivity index (χ3n) is 18.7. The first kappa shape index (κ1) is 85.8. The normalized spacial score (nSPS) is 23.0. The predicted octanol–water partition coefficient (Wildman–Crippen LogP) is 16.8. The van der Waals surface area contributed by atoms with E-state index < -0.39 is 86.8 Å². The van der Waals surface area contributed by atoms with Crippen LogP contribution in [0.25, 0.3) is 0 Å². The van der Waals surface area contributed by atoms with E-state index in [1.807, 2.05) is 6.08 Å². The van der Waals surface area contributed by atoms with Crippen molar-refractivity contribution in [2.75, 3.05) is 19.8 Å². The number of aliphatic hydroxyl groups is 8. The molecule has 2 aliphatic rings. The van der Waals surface area contributed by atoms with Crippen molar-refractivity contribution in [2.24, 2.45) is 0 Å². The van der Waals surface area contributed by atoms with Crippen molar-refractivity contribution in [2.45, 2.75) is 408 Å². The van der Waals surface area contributed by atoms with Gasteiger partial charge in [0.05, 0.1) is 32.0 Å². The third-order valence-corrected chi connectivity index (χ3v) is 18.7. The Hall–Kier alpha value is -2.31. The summed E-state index contributed by atoms with van der Waals surface area (Å²) >= 11 is 0. The molecule has 1 amide bonds. The Bertz CT molecular complexity index is 1780. The first-order valence-electron chi connectivity index (χ1n) is 38.5. The Morgan fingerprint density at radius 3 is 1.13 bits per heavy atom. The number of ether oxygens (including phenoxy) is 4. The highest BCUT2D eigenvalue weighted by Crippen LogP contribution is 2.30. The fraction of sp³-hybridized carbons (Fsp3) is 0.859. The van der Waals surface area contributed by atoms with Crippen LogP contribution >= 0.6 is 0 Å². The third kappa shape index (κ3) is 45.2. The number of allylic oxidation sites excluding steroid dienone is 9. The predicted molar refractivity (Wildman–Crippen MR) is 378 cm³/mol. The molecular formula is C78H143NO13. The standard InChI is InChI=1S/C78H143NO13/c1-3-5-7-9-11-13-15-17-19-21-23-25-27-29-30-31-32-33-34-35-36-38-40-42-44-46-48-50-52-54-56-58-60-62-70(83)79-66(65-89-77-75(88)73(86)76(69(64-81)91-77)92-78-74(87)72(85)71(84)68(63-80)90-78)67(82)61-59-57-55-53-51-49-47-45-43-41-39-37-28-26-24-22-20-18-16-14-12-10-8-6-4-2/h15,17,21,23,43,45,51,53,59,61,66-69,71-78,80-82,84-88H,3-14,16,18-20,22,24-42,44,46-50,52,54-58,60,62-65H2,1-2H3,(H,79,83)/b17-15-,23-21-,45-43+,53-51+,61-59+. The molecule has 12 atom stereocenters. The van der Waals surface area contributed by atoms with Crippen molar-refractivity contribution in [3.8, 4) is 0 Å². The van der Waals surface area contributed by atoms with Crippen LogP contribution in [0.4, 0.5) is 0 Å².